The molecule has 0 aliphatic heterocycles. The van der Waals surface area contributed by atoms with Gasteiger partial charge in [-0.05, 0) is 18.2 Å². The highest BCUT2D eigenvalue weighted by Gasteiger charge is 2.22. The van der Waals surface area contributed by atoms with Crippen LogP contribution in [0.2, 0.25) is 0 Å². The predicted molar refractivity (Wildman–Crippen MR) is 90.9 cm³/mol. The molecule has 0 spiro atoms. The van der Waals surface area contributed by atoms with Gasteiger partial charge in [0.25, 0.3) is 5.91 Å². The minimum atomic E-state index is -3.64. The van der Waals surface area contributed by atoms with E-state index in [0.717, 1.165) is 0 Å². The van der Waals surface area contributed by atoms with E-state index in [2.05, 4.69) is 10.6 Å². The van der Waals surface area contributed by atoms with Crippen LogP contribution in [0.1, 0.15) is 24.2 Å². The number of benzene rings is 1. The summed E-state index contributed by atoms with van der Waals surface area (Å²) in [5.41, 5.74) is 5.44. The summed E-state index contributed by atoms with van der Waals surface area (Å²) < 4.78 is 26.3. The van der Waals surface area contributed by atoms with Crippen molar-refractivity contribution in [2.45, 2.75) is 18.7 Å². The second kappa shape index (κ2) is 9.36. The van der Waals surface area contributed by atoms with Crippen molar-refractivity contribution in [1.29, 1.82) is 0 Å². The fraction of sp³-hybridized carbons (Fsp3) is 0.467. The number of carbonyl (C=O) groups excluding carboxylic acids is 2. The molecular formula is C15H24N4O4S. The second-order valence-corrected chi connectivity index (χ2v) is 6.88. The standard InChI is InChI=1S/C15H24N4O4S/c1-3-19(4-2)24(22,23)13-7-5-6-12(10-13)15(21)18-11-14(20)17-9-8-16/h5-7,10H,3-4,8-9,11,16H2,1-2H3,(H,17,20)(H,18,21). The Morgan fingerprint density at radius 1 is 1.17 bits per heavy atom. The summed E-state index contributed by atoms with van der Waals surface area (Å²) in [6, 6.07) is 5.74. The van der Waals surface area contributed by atoms with Crippen molar-refractivity contribution >= 4 is 21.8 Å². The van der Waals surface area contributed by atoms with Gasteiger partial charge in [0.15, 0.2) is 0 Å². The molecule has 1 aromatic rings. The molecule has 2 amide bonds. The Balaban J connectivity index is 2.85. The normalized spacial score (nSPS) is 11.3. The van der Waals surface area contributed by atoms with Crippen molar-refractivity contribution in [2.75, 3.05) is 32.7 Å². The van der Waals surface area contributed by atoms with Gasteiger partial charge >= 0.3 is 0 Å². The first-order valence-electron chi connectivity index (χ1n) is 7.72. The molecular weight excluding hydrogens is 332 g/mol. The van der Waals surface area contributed by atoms with Crippen LogP contribution in [0.5, 0.6) is 0 Å². The Kier molecular flexibility index (Phi) is 7.83. The quantitative estimate of drug-likeness (QED) is 0.552. The molecule has 0 unspecified atom stereocenters. The maximum atomic E-state index is 12.5. The molecule has 0 heterocycles. The highest BCUT2D eigenvalue weighted by Crippen LogP contribution is 2.16. The molecule has 0 aromatic heterocycles. The molecule has 0 saturated heterocycles. The van der Waals surface area contributed by atoms with E-state index < -0.39 is 15.9 Å². The molecule has 0 aliphatic carbocycles. The Morgan fingerprint density at radius 3 is 2.42 bits per heavy atom. The maximum Gasteiger partial charge on any atom is 0.251 e. The molecule has 0 radical (unpaired) electrons. The van der Waals surface area contributed by atoms with Crippen molar-refractivity contribution in [3.8, 4) is 0 Å². The monoisotopic (exact) mass is 356 g/mol. The van der Waals surface area contributed by atoms with E-state index in [1.807, 2.05) is 0 Å². The van der Waals surface area contributed by atoms with Gasteiger partial charge in [-0.3, -0.25) is 9.59 Å². The Bertz CT molecular complexity index is 672. The van der Waals surface area contributed by atoms with Crippen molar-refractivity contribution in [2.24, 2.45) is 5.73 Å². The summed E-state index contributed by atoms with van der Waals surface area (Å²) in [5, 5.41) is 4.97. The molecule has 0 fully saturated rings. The molecule has 24 heavy (non-hydrogen) atoms. The number of carbonyl (C=O) groups is 2. The lowest BCUT2D eigenvalue weighted by Crippen LogP contribution is -2.38. The molecule has 9 heteroatoms. The lowest BCUT2D eigenvalue weighted by atomic mass is 10.2. The van der Waals surface area contributed by atoms with Crippen LogP contribution in [0.4, 0.5) is 0 Å². The van der Waals surface area contributed by atoms with Crippen LogP contribution in [0.15, 0.2) is 29.2 Å². The van der Waals surface area contributed by atoms with E-state index in [1.165, 1.54) is 28.6 Å². The van der Waals surface area contributed by atoms with Gasteiger partial charge in [-0.25, -0.2) is 8.42 Å². The number of nitrogens with one attached hydrogen (secondary N) is 2. The summed E-state index contributed by atoms with van der Waals surface area (Å²) in [4.78, 5) is 23.6. The van der Waals surface area contributed by atoms with Gasteiger partial charge < -0.3 is 16.4 Å². The van der Waals surface area contributed by atoms with E-state index >= 15 is 0 Å². The zero-order valence-electron chi connectivity index (χ0n) is 13.9. The lowest BCUT2D eigenvalue weighted by molar-refractivity contribution is -0.120. The molecule has 0 saturated carbocycles. The molecule has 1 rings (SSSR count). The highest BCUT2D eigenvalue weighted by molar-refractivity contribution is 7.89. The zero-order chi connectivity index (χ0) is 18.2. The third kappa shape index (κ3) is 5.29. The third-order valence-corrected chi connectivity index (χ3v) is 5.36. The van der Waals surface area contributed by atoms with Gasteiger partial charge in [0.05, 0.1) is 11.4 Å². The molecule has 0 atom stereocenters. The van der Waals surface area contributed by atoms with Crippen LogP contribution < -0.4 is 16.4 Å². The van der Waals surface area contributed by atoms with Crippen LogP contribution in [0.3, 0.4) is 0 Å². The topological polar surface area (TPSA) is 122 Å². The van der Waals surface area contributed by atoms with Gasteiger partial charge in [-0.2, -0.15) is 4.31 Å². The van der Waals surface area contributed by atoms with Gasteiger partial charge in [-0.15, -0.1) is 0 Å². The van der Waals surface area contributed by atoms with Crippen LogP contribution in [0, 0.1) is 0 Å². The molecule has 4 N–H and O–H groups in total. The smallest absolute Gasteiger partial charge is 0.251 e. The van der Waals surface area contributed by atoms with Gasteiger partial charge in [0.2, 0.25) is 15.9 Å². The summed E-state index contributed by atoms with van der Waals surface area (Å²) in [7, 11) is -3.64. The van der Waals surface area contributed by atoms with Crippen LogP contribution >= 0.6 is 0 Å². The van der Waals surface area contributed by atoms with Crippen LogP contribution in [-0.2, 0) is 14.8 Å². The molecule has 1 aromatic carbocycles. The SMILES string of the molecule is CCN(CC)S(=O)(=O)c1cccc(C(=O)NCC(=O)NCCN)c1. The Labute approximate surface area is 142 Å². The average molecular weight is 356 g/mol. The largest absolute Gasteiger partial charge is 0.353 e. The molecule has 8 nitrogen and oxygen atoms in total. The van der Waals surface area contributed by atoms with Crippen LogP contribution in [-0.4, -0.2) is 57.3 Å². The number of nitrogens with two attached hydrogens (primary N) is 1. The van der Waals surface area contributed by atoms with Gasteiger partial charge in [-0.1, -0.05) is 19.9 Å². The third-order valence-electron chi connectivity index (χ3n) is 3.32. The number of hydrogen-bond donors (Lipinski definition) is 3. The van der Waals surface area contributed by atoms with Crippen molar-refractivity contribution in [1.82, 2.24) is 14.9 Å². The number of sulfonamides is 1. The van der Waals surface area contributed by atoms with Gasteiger partial charge in [0.1, 0.15) is 0 Å². The Morgan fingerprint density at radius 2 is 1.83 bits per heavy atom. The number of nitrogens with zero attached hydrogens (tertiary/aromatic N) is 1. The van der Waals surface area contributed by atoms with E-state index in [-0.39, 0.29) is 22.9 Å². The minimum absolute atomic E-state index is 0.0476. The summed E-state index contributed by atoms with van der Waals surface area (Å²) in [6.07, 6.45) is 0. The highest BCUT2D eigenvalue weighted by atomic mass is 32.2. The Hall–Kier alpha value is -1.97. The molecule has 0 bridgehead atoms. The van der Waals surface area contributed by atoms with Crippen molar-refractivity contribution in [3.05, 3.63) is 29.8 Å². The van der Waals surface area contributed by atoms with Gasteiger partial charge in [0, 0.05) is 31.7 Å². The van der Waals surface area contributed by atoms with Crippen molar-refractivity contribution < 1.29 is 18.0 Å². The fourth-order valence-electron chi connectivity index (χ4n) is 2.05. The van der Waals surface area contributed by atoms with E-state index in [4.69, 9.17) is 5.73 Å². The minimum Gasteiger partial charge on any atom is -0.353 e. The van der Waals surface area contributed by atoms with E-state index in [9.17, 15) is 18.0 Å². The molecule has 134 valence electrons. The van der Waals surface area contributed by atoms with E-state index in [0.29, 0.717) is 26.2 Å². The average Bonchev–Trinajstić information content (AvgIpc) is 2.58. The number of rotatable bonds is 9. The summed E-state index contributed by atoms with van der Waals surface area (Å²) in [6.45, 7) is 4.62. The summed E-state index contributed by atoms with van der Waals surface area (Å²) >= 11 is 0. The van der Waals surface area contributed by atoms with E-state index in [1.54, 1.807) is 13.8 Å². The lowest BCUT2D eigenvalue weighted by Gasteiger charge is -2.18. The summed E-state index contributed by atoms with van der Waals surface area (Å²) in [5.74, 6) is -0.879. The second-order valence-electron chi connectivity index (χ2n) is 4.94. The molecule has 0 aliphatic rings. The predicted octanol–water partition coefficient (Wildman–Crippen LogP) is -0.478. The fourth-order valence-corrected chi connectivity index (χ4v) is 3.55. The zero-order valence-corrected chi connectivity index (χ0v) is 14.7. The number of hydrogen-bond acceptors (Lipinski definition) is 5. The first kappa shape index (κ1) is 20.1. The first-order chi connectivity index (χ1) is 11.4. The van der Waals surface area contributed by atoms with Crippen LogP contribution in [0.25, 0.3) is 0 Å². The first-order valence-corrected chi connectivity index (χ1v) is 9.16. The maximum absolute atomic E-state index is 12.5. The van der Waals surface area contributed by atoms with Crippen molar-refractivity contribution in [3.63, 3.8) is 0 Å². The number of amides is 2.